The van der Waals surface area contributed by atoms with Crippen LogP contribution < -0.4 is 0 Å². The zero-order valence-corrected chi connectivity index (χ0v) is 40.5. The molecule has 0 aliphatic rings. The Balaban J connectivity index is 4.27. The quantitative estimate of drug-likeness (QED) is 0.0345. The Bertz CT molecular complexity index is 914. The molecule has 350 valence electrons. The van der Waals surface area contributed by atoms with Crippen LogP contribution in [0.25, 0.3) is 0 Å². The molecule has 59 heavy (non-hydrogen) atoms. The molecule has 0 unspecified atom stereocenters. The Morgan fingerprint density at radius 2 is 0.492 bits per heavy atom. The van der Waals surface area contributed by atoms with E-state index in [1.165, 1.54) is 167 Å². The molecule has 0 radical (unpaired) electrons. The SMILES string of the molecule is CC(C)CCCCCCCCCCCCCCCCC(=O)O[C@H](COC(=O)CCCCCCCCCCCCCCC(C)C)COC(=O)CCCCCCCCC(C)C. The van der Waals surface area contributed by atoms with Crippen molar-refractivity contribution in [3.8, 4) is 0 Å². The first-order valence-corrected chi connectivity index (χ1v) is 26.1. The van der Waals surface area contributed by atoms with E-state index in [1.807, 2.05) is 0 Å². The standard InChI is InChI=1S/C53H102O6/c1-47(2)39-33-27-21-17-13-9-7-8-10-16-20-24-32-38-44-53(56)59-50(46-58-52(55)43-37-31-26-25-29-35-41-49(5)6)45-57-51(54)42-36-30-23-19-15-12-11-14-18-22-28-34-40-48(3)4/h47-50H,7-46H2,1-6H3/t50-/m1/s1. The first kappa shape index (κ1) is 57.4. The highest BCUT2D eigenvalue weighted by molar-refractivity contribution is 5.71. The van der Waals surface area contributed by atoms with Crippen molar-refractivity contribution in [1.29, 1.82) is 0 Å². The van der Waals surface area contributed by atoms with Crippen LogP contribution in [-0.4, -0.2) is 37.2 Å². The number of carbonyl (C=O) groups is 3. The molecule has 0 aliphatic carbocycles. The summed E-state index contributed by atoms with van der Waals surface area (Å²) in [5, 5.41) is 0. The maximum atomic E-state index is 12.8. The average Bonchev–Trinajstić information content (AvgIpc) is 3.19. The summed E-state index contributed by atoms with van der Waals surface area (Å²) < 4.78 is 16.8. The van der Waals surface area contributed by atoms with Crippen LogP contribution in [0.3, 0.4) is 0 Å². The Hall–Kier alpha value is -1.59. The Labute approximate surface area is 368 Å². The van der Waals surface area contributed by atoms with E-state index in [9.17, 15) is 14.4 Å². The van der Waals surface area contributed by atoms with E-state index in [0.29, 0.717) is 19.3 Å². The zero-order valence-electron chi connectivity index (χ0n) is 40.5. The predicted molar refractivity (Wildman–Crippen MR) is 252 cm³/mol. The summed E-state index contributed by atoms with van der Waals surface area (Å²) in [7, 11) is 0. The molecule has 0 N–H and O–H groups in total. The van der Waals surface area contributed by atoms with Crippen LogP contribution in [0.4, 0.5) is 0 Å². The summed E-state index contributed by atoms with van der Waals surface area (Å²) in [6, 6.07) is 0. The molecule has 6 nitrogen and oxygen atoms in total. The van der Waals surface area contributed by atoms with Crippen molar-refractivity contribution in [2.45, 2.75) is 292 Å². The fourth-order valence-electron chi connectivity index (χ4n) is 7.94. The number of carbonyl (C=O) groups excluding carboxylic acids is 3. The monoisotopic (exact) mass is 835 g/mol. The van der Waals surface area contributed by atoms with Crippen molar-refractivity contribution in [3.63, 3.8) is 0 Å². The summed E-state index contributed by atoms with van der Waals surface area (Å²) in [5.41, 5.74) is 0. The van der Waals surface area contributed by atoms with E-state index in [0.717, 1.165) is 75.5 Å². The van der Waals surface area contributed by atoms with E-state index in [1.54, 1.807) is 0 Å². The Morgan fingerprint density at radius 1 is 0.288 bits per heavy atom. The Kier molecular flexibility index (Phi) is 43.3. The lowest BCUT2D eigenvalue weighted by molar-refractivity contribution is -0.167. The van der Waals surface area contributed by atoms with Gasteiger partial charge in [0.05, 0.1) is 0 Å². The fourth-order valence-corrected chi connectivity index (χ4v) is 7.94. The fraction of sp³-hybridized carbons (Fsp3) is 0.943. The first-order valence-electron chi connectivity index (χ1n) is 26.1. The number of hydrogen-bond donors (Lipinski definition) is 0. The lowest BCUT2D eigenvalue weighted by Crippen LogP contribution is -2.30. The van der Waals surface area contributed by atoms with Gasteiger partial charge >= 0.3 is 17.9 Å². The molecule has 0 bridgehead atoms. The molecule has 0 spiro atoms. The second-order valence-electron chi connectivity index (χ2n) is 19.6. The molecule has 0 aliphatic heterocycles. The maximum absolute atomic E-state index is 12.8. The van der Waals surface area contributed by atoms with Gasteiger partial charge in [0.15, 0.2) is 6.10 Å². The van der Waals surface area contributed by atoms with Crippen molar-refractivity contribution in [1.82, 2.24) is 0 Å². The van der Waals surface area contributed by atoms with E-state index in [2.05, 4.69) is 41.5 Å². The van der Waals surface area contributed by atoms with E-state index < -0.39 is 6.10 Å². The van der Waals surface area contributed by atoms with E-state index in [-0.39, 0.29) is 31.1 Å². The molecule has 0 saturated heterocycles. The van der Waals surface area contributed by atoms with Crippen molar-refractivity contribution in [2.24, 2.45) is 17.8 Å². The third-order valence-electron chi connectivity index (χ3n) is 11.9. The van der Waals surface area contributed by atoms with Gasteiger partial charge < -0.3 is 14.2 Å². The molecular formula is C53H102O6. The van der Waals surface area contributed by atoms with Crippen LogP contribution in [0.1, 0.15) is 286 Å². The number of ether oxygens (including phenoxy) is 3. The molecule has 0 fully saturated rings. The smallest absolute Gasteiger partial charge is 0.306 e. The summed E-state index contributed by atoms with van der Waals surface area (Å²) in [4.78, 5) is 37.9. The number of hydrogen-bond acceptors (Lipinski definition) is 6. The third-order valence-corrected chi connectivity index (χ3v) is 11.9. The van der Waals surface area contributed by atoms with Gasteiger partial charge in [-0.3, -0.25) is 14.4 Å². The van der Waals surface area contributed by atoms with Crippen molar-refractivity contribution in [2.75, 3.05) is 13.2 Å². The number of unbranched alkanes of at least 4 members (excludes halogenated alkanes) is 29. The van der Waals surface area contributed by atoms with Gasteiger partial charge in [-0.1, -0.05) is 247 Å². The molecule has 0 rings (SSSR count). The third kappa shape index (κ3) is 47.3. The lowest BCUT2D eigenvalue weighted by Gasteiger charge is -2.18. The van der Waals surface area contributed by atoms with Crippen LogP contribution >= 0.6 is 0 Å². The molecule has 0 aromatic rings. The second-order valence-corrected chi connectivity index (χ2v) is 19.6. The summed E-state index contributed by atoms with van der Waals surface area (Å²) in [6.07, 6.45) is 43.9. The predicted octanol–water partition coefficient (Wildman–Crippen LogP) is 16.8. The van der Waals surface area contributed by atoms with Gasteiger partial charge in [-0.2, -0.15) is 0 Å². The van der Waals surface area contributed by atoms with Gasteiger partial charge in [0, 0.05) is 19.3 Å². The normalized spacial score (nSPS) is 12.2. The van der Waals surface area contributed by atoms with Crippen molar-refractivity contribution in [3.05, 3.63) is 0 Å². The minimum atomic E-state index is -0.763. The molecule has 0 amide bonds. The topological polar surface area (TPSA) is 78.9 Å². The largest absolute Gasteiger partial charge is 0.462 e. The van der Waals surface area contributed by atoms with Gasteiger partial charge in [0.1, 0.15) is 13.2 Å². The summed E-state index contributed by atoms with van der Waals surface area (Å²) in [6.45, 7) is 13.7. The van der Waals surface area contributed by atoms with Crippen LogP contribution in [0.2, 0.25) is 0 Å². The highest BCUT2D eigenvalue weighted by Crippen LogP contribution is 2.18. The van der Waals surface area contributed by atoms with Crippen LogP contribution in [0.15, 0.2) is 0 Å². The molecule has 0 heterocycles. The minimum Gasteiger partial charge on any atom is -0.462 e. The Morgan fingerprint density at radius 3 is 0.729 bits per heavy atom. The van der Waals surface area contributed by atoms with Gasteiger partial charge in [-0.25, -0.2) is 0 Å². The average molecular weight is 835 g/mol. The van der Waals surface area contributed by atoms with Gasteiger partial charge in [-0.05, 0) is 37.0 Å². The minimum absolute atomic E-state index is 0.0652. The molecular weight excluding hydrogens is 733 g/mol. The van der Waals surface area contributed by atoms with Crippen LogP contribution in [0.5, 0.6) is 0 Å². The first-order chi connectivity index (χ1) is 28.6. The second kappa shape index (κ2) is 44.5. The van der Waals surface area contributed by atoms with Gasteiger partial charge in [0.25, 0.3) is 0 Å². The number of rotatable bonds is 46. The molecule has 1 atom stereocenters. The molecule has 0 aromatic carbocycles. The summed E-state index contributed by atoms with van der Waals surface area (Å²) in [5.74, 6) is 1.58. The lowest BCUT2D eigenvalue weighted by atomic mass is 10.0. The maximum Gasteiger partial charge on any atom is 0.306 e. The van der Waals surface area contributed by atoms with Gasteiger partial charge in [0.2, 0.25) is 0 Å². The van der Waals surface area contributed by atoms with E-state index >= 15 is 0 Å². The highest BCUT2D eigenvalue weighted by Gasteiger charge is 2.19. The molecule has 6 heteroatoms. The highest BCUT2D eigenvalue weighted by atomic mass is 16.6. The molecule has 0 aromatic heterocycles. The zero-order chi connectivity index (χ0) is 43.4. The molecule has 0 saturated carbocycles. The summed E-state index contributed by atoms with van der Waals surface area (Å²) >= 11 is 0. The van der Waals surface area contributed by atoms with Crippen LogP contribution in [-0.2, 0) is 28.6 Å². The van der Waals surface area contributed by atoms with Crippen molar-refractivity contribution >= 4 is 17.9 Å². The van der Waals surface area contributed by atoms with E-state index in [4.69, 9.17) is 14.2 Å². The van der Waals surface area contributed by atoms with Crippen molar-refractivity contribution < 1.29 is 28.6 Å². The van der Waals surface area contributed by atoms with Crippen LogP contribution in [0, 0.1) is 17.8 Å². The number of esters is 3. The van der Waals surface area contributed by atoms with Gasteiger partial charge in [-0.15, -0.1) is 0 Å².